The van der Waals surface area contributed by atoms with Crippen molar-refractivity contribution in [3.8, 4) is 0 Å². The van der Waals surface area contributed by atoms with Crippen molar-refractivity contribution in [1.82, 2.24) is 0 Å². The Morgan fingerprint density at radius 3 is 2.47 bits per heavy atom. The van der Waals surface area contributed by atoms with Gasteiger partial charge >= 0.3 is 0 Å². The number of likely N-dealkylation sites (N-methyl/N-ethyl adjacent to an activating group) is 1. The molecule has 0 atom stereocenters. The van der Waals surface area contributed by atoms with Crippen molar-refractivity contribution in [3.63, 3.8) is 0 Å². The van der Waals surface area contributed by atoms with E-state index in [9.17, 15) is 5.11 Å². The zero-order chi connectivity index (χ0) is 11.5. The molecule has 0 fully saturated rings. The number of nitrogens with two attached hydrogens (primary N) is 1. The molecule has 3 N–H and O–H groups in total. The molecule has 0 aliphatic heterocycles. The Bertz CT molecular complexity index is 323. The number of benzene rings is 1. The summed E-state index contributed by atoms with van der Waals surface area (Å²) in [4.78, 5) is 2.06. The minimum Gasteiger partial charge on any atom is -0.394 e. The van der Waals surface area contributed by atoms with Crippen molar-refractivity contribution in [2.75, 3.05) is 18.6 Å². The van der Waals surface area contributed by atoms with Gasteiger partial charge in [-0.05, 0) is 25.5 Å². The van der Waals surface area contributed by atoms with Crippen LogP contribution in [0.5, 0.6) is 0 Å². The van der Waals surface area contributed by atoms with Crippen LogP contribution in [0.2, 0.25) is 0 Å². The van der Waals surface area contributed by atoms with Crippen LogP contribution < -0.4 is 10.6 Å². The van der Waals surface area contributed by atoms with E-state index in [1.165, 1.54) is 0 Å². The van der Waals surface area contributed by atoms with E-state index in [-0.39, 0.29) is 12.1 Å². The molecule has 0 radical (unpaired) electrons. The van der Waals surface area contributed by atoms with Gasteiger partial charge in [-0.2, -0.15) is 0 Å². The molecule has 0 heterocycles. The van der Waals surface area contributed by atoms with E-state index in [1.807, 2.05) is 45.2 Å². The molecule has 0 aliphatic rings. The van der Waals surface area contributed by atoms with E-state index >= 15 is 0 Å². The van der Waals surface area contributed by atoms with E-state index in [0.717, 1.165) is 11.3 Å². The maximum Gasteiger partial charge on any atom is 0.0658 e. The number of para-hydroxylation sites is 1. The first-order chi connectivity index (χ1) is 7.03. The number of hydrogen-bond acceptors (Lipinski definition) is 3. The van der Waals surface area contributed by atoms with Crippen LogP contribution in [0.4, 0.5) is 5.69 Å². The Hall–Kier alpha value is -1.06. The first-order valence-electron chi connectivity index (χ1n) is 5.15. The van der Waals surface area contributed by atoms with Gasteiger partial charge in [-0.25, -0.2) is 0 Å². The fourth-order valence-electron chi connectivity index (χ4n) is 1.44. The van der Waals surface area contributed by atoms with Crippen LogP contribution >= 0.6 is 0 Å². The highest BCUT2D eigenvalue weighted by Gasteiger charge is 2.23. The predicted octanol–water partition coefficient (Wildman–Crippen LogP) is 1.35. The second kappa shape index (κ2) is 4.64. The lowest BCUT2D eigenvalue weighted by molar-refractivity contribution is 0.216. The quantitative estimate of drug-likeness (QED) is 0.785. The summed E-state index contributed by atoms with van der Waals surface area (Å²) in [6, 6.07) is 8.00. The molecule has 1 aromatic rings. The van der Waals surface area contributed by atoms with E-state index < -0.39 is 0 Å². The number of nitrogens with zero attached hydrogens (tertiary/aromatic N) is 1. The molecule has 0 bridgehead atoms. The maximum absolute atomic E-state index is 9.32. The molecular weight excluding hydrogens is 188 g/mol. The zero-order valence-electron chi connectivity index (χ0n) is 9.70. The highest BCUT2D eigenvalue weighted by Crippen LogP contribution is 2.25. The highest BCUT2D eigenvalue weighted by atomic mass is 16.3. The van der Waals surface area contributed by atoms with Gasteiger partial charge in [0.1, 0.15) is 0 Å². The van der Waals surface area contributed by atoms with Crippen molar-refractivity contribution < 1.29 is 5.11 Å². The third kappa shape index (κ3) is 2.49. The molecule has 0 unspecified atom stereocenters. The predicted molar refractivity (Wildman–Crippen MR) is 63.9 cm³/mol. The lowest BCUT2D eigenvalue weighted by Crippen LogP contribution is -2.44. The van der Waals surface area contributed by atoms with E-state index in [4.69, 9.17) is 5.73 Å². The van der Waals surface area contributed by atoms with Crippen molar-refractivity contribution in [2.45, 2.75) is 25.9 Å². The average molecular weight is 208 g/mol. The molecule has 84 valence electrons. The van der Waals surface area contributed by atoms with Crippen LogP contribution in [0.1, 0.15) is 19.4 Å². The van der Waals surface area contributed by atoms with Gasteiger partial charge in [0.25, 0.3) is 0 Å². The van der Waals surface area contributed by atoms with E-state index in [2.05, 4.69) is 4.90 Å². The molecule has 0 spiro atoms. The third-order valence-corrected chi connectivity index (χ3v) is 2.87. The molecule has 0 aliphatic carbocycles. The summed E-state index contributed by atoms with van der Waals surface area (Å²) in [6.07, 6.45) is 0. The highest BCUT2D eigenvalue weighted by molar-refractivity contribution is 5.54. The molecular formula is C12H20N2O. The number of aliphatic hydroxyl groups excluding tert-OH is 1. The summed E-state index contributed by atoms with van der Waals surface area (Å²) in [7, 11) is 1.98. The summed E-state index contributed by atoms with van der Waals surface area (Å²) in [5.74, 6) is 0. The van der Waals surface area contributed by atoms with Gasteiger partial charge in [-0.3, -0.25) is 0 Å². The monoisotopic (exact) mass is 208 g/mol. The zero-order valence-corrected chi connectivity index (χ0v) is 9.70. The standard InChI is InChI=1S/C12H20N2O/c1-12(2,9-15)14(3)11-7-5-4-6-10(11)8-13/h4-7,15H,8-9,13H2,1-3H3. The van der Waals surface area contributed by atoms with Gasteiger partial charge in [0.2, 0.25) is 0 Å². The van der Waals surface area contributed by atoms with Gasteiger partial charge in [0.15, 0.2) is 0 Å². The summed E-state index contributed by atoms with van der Waals surface area (Å²) in [6.45, 7) is 4.63. The molecule has 0 amide bonds. The topological polar surface area (TPSA) is 49.5 Å². The summed E-state index contributed by atoms with van der Waals surface area (Å²) in [5.41, 5.74) is 7.59. The normalized spacial score (nSPS) is 11.5. The second-order valence-electron chi connectivity index (χ2n) is 4.36. The molecule has 3 heteroatoms. The number of hydrogen-bond donors (Lipinski definition) is 2. The van der Waals surface area contributed by atoms with Gasteiger partial charge in [-0.1, -0.05) is 18.2 Å². The largest absolute Gasteiger partial charge is 0.394 e. The molecule has 15 heavy (non-hydrogen) atoms. The van der Waals surface area contributed by atoms with Crippen LogP contribution in [-0.4, -0.2) is 24.3 Å². The van der Waals surface area contributed by atoms with Crippen LogP contribution in [0, 0.1) is 0 Å². The third-order valence-electron chi connectivity index (χ3n) is 2.87. The molecule has 1 aromatic carbocycles. The SMILES string of the molecule is CN(c1ccccc1CN)C(C)(C)CO. The maximum atomic E-state index is 9.32. The Morgan fingerprint density at radius 1 is 1.33 bits per heavy atom. The Kier molecular flexibility index (Phi) is 3.72. The molecule has 0 saturated carbocycles. The number of anilines is 1. The van der Waals surface area contributed by atoms with Gasteiger partial charge in [0.05, 0.1) is 12.1 Å². The molecule has 0 aromatic heterocycles. The Morgan fingerprint density at radius 2 is 1.93 bits per heavy atom. The van der Waals surface area contributed by atoms with Crippen LogP contribution in [0.15, 0.2) is 24.3 Å². The van der Waals surface area contributed by atoms with E-state index in [0.29, 0.717) is 6.54 Å². The first kappa shape index (κ1) is 12.0. The fraction of sp³-hybridized carbons (Fsp3) is 0.500. The van der Waals surface area contributed by atoms with Crippen LogP contribution in [0.3, 0.4) is 0 Å². The van der Waals surface area contributed by atoms with Crippen molar-refractivity contribution in [3.05, 3.63) is 29.8 Å². The minimum atomic E-state index is -0.273. The van der Waals surface area contributed by atoms with Gasteiger partial charge in [-0.15, -0.1) is 0 Å². The van der Waals surface area contributed by atoms with Crippen LogP contribution in [-0.2, 0) is 6.54 Å². The van der Waals surface area contributed by atoms with Crippen molar-refractivity contribution in [1.29, 1.82) is 0 Å². The Labute approximate surface area is 91.5 Å². The average Bonchev–Trinajstić information content (AvgIpc) is 2.28. The molecule has 3 nitrogen and oxygen atoms in total. The first-order valence-corrected chi connectivity index (χ1v) is 5.15. The summed E-state index contributed by atoms with van der Waals surface area (Å²) < 4.78 is 0. The van der Waals surface area contributed by atoms with E-state index in [1.54, 1.807) is 0 Å². The van der Waals surface area contributed by atoms with Crippen LogP contribution in [0.25, 0.3) is 0 Å². The summed E-state index contributed by atoms with van der Waals surface area (Å²) >= 11 is 0. The minimum absolute atomic E-state index is 0.113. The molecule has 0 saturated heterocycles. The van der Waals surface area contributed by atoms with Gasteiger partial charge in [0, 0.05) is 19.3 Å². The number of rotatable bonds is 4. The lowest BCUT2D eigenvalue weighted by Gasteiger charge is -2.37. The Balaban J connectivity index is 3.05. The summed E-state index contributed by atoms with van der Waals surface area (Å²) in [5, 5.41) is 9.32. The molecule has 1 rings (SSSR count). The van der Waals surface area contributed by atoms with Crippen molar-refractivity contribution in [2.24, 2.45) is 5.73 Å². The number of aliphatic hydroxyl groups is 1. The van der Waals surface area contributed by atoms with Gasteiger partial charge < -0.3 is 15.7 Å². The smallest absolute Gasteiger partial charge is 0.0658 e. The van der Waals surface area contributed by atoms with Crippen molar-refractivity contribution >= 4 is 5.69 Å². The fourth-order valence-corrected chi connectivity index (χ4v) is 1.44. The lowest BCUT2D eigenvalue weighted by atomic mass is 10.0. The second-order valence-corrected chi connectivity index (χ2v) is 4.36.